The Bertz CT molecular complexity index is 274. The molecular formula is C10H12FN. The highest BCUT2D eigenvalue weighted by Gasteiger charge is 2.32. The zero-order valence-electron chi connectivity index (χ0n) is 7.10. The molecule has 0 bridgehead atoms. The molecule has 12 heavy (non-hydrogen) atoms. The van der Waals surface area contributed by atoms with Crippen LogP contribution in [0.1, 0.15) is 12.5 Å². The maximum Gasteiger partial charge on any atom is 0.123 e. The van der Waals surface area contributed by atoms with E-state index in [-0.39, 0.29) is 11.2 Å². The van der Waals surface area contributed by atoms with E-state index in [1.165, 1.54) is 17.7 Å². The summed E-state index contributed by atoms with van der Waals surface area (Å²) < 4.78 is 12.6. The van der Waals surface area contributed by atoms with Crippen LogP contribution in [-0.4, -0.2) is 13.1 Å². The minimum absolute atomic E-state index is 0.158. The molecule has 1 saturated heterocycles. The molecule has 2 heteroatoms. The number of nitrogens with one attached hydrogen (secondary N) is 1. The summed E-state index contributed by atoms with van der Waals surface area (Å²) in [4.78, 5) is 0. The first kappa shape index (κ1) is 7.74. The van der Waals surface area contributed by atoms with Crippen LogP contribution in [0.2, 0.25) is 0 Å². The van der Waals surface area contributed by atoms with Gasteiger partial charge < -0.3 is 5.32 Å². The molecule has 64 valence electrons. The maximum atomic E-state index is 12.6. The molecule has 0 radical (unpaired) electrons. The Morgan fingerprint density at radius 3 is 2.25 bits per heavy atom. The maximum absolute atomic E-state index is 12.6. The summed E-state index contributed by atoms with van der Waals surface area (Å²) in [5, 5.41) is 3.22. The molecule has 1 nitrogen and oxygen atoms in total. The lowest BCUT2D eigenvalue weighted by Gasteiger charge is -2.39. The second kappa shape index (κ2) is 2.56. The summed E-state index contributed by atoms with van der Waals surface area (Å²) in [6.45, 7) is 4.19. The van der Waals surface area contributed by atoms with Gasteiger partial charge in [-0.3, -0.25) is 0 Å². The average molecular weight is 165 g/mol. The van der Waals surface area contributed by atoms with E-state index in [9.17, 15) is 4.39 Å². The molecule has 1 fully saturated rings. The molecule has 1 aromatic rings. The smallest absolute Gasteiger partial charge is 0.123 e. The third-order valence-corrected chi connectivity index (χ3v) is 2.57. The van der Waals surface area contributed by atoms with Crippen molar-refractivity contribution in [2.45, 2.75) is 12.3 Å². The lowest BCUT2D eigenvalue weighted by molar-refractivity contribution is 0.305. The SMILES string of the molecule is CC1(c2ccc(F)cc2)CNC1. The Kier molecular flexibility index (Phi) is 1.65. The molecule has 1 N–H and O–H groups in total. The van der Waals surface area contributed by atoms with Crippen LogP contribution in [0.15, 0.2) is 24.3 Å². The van der Waals surface area contributed by atoms with Gasteiger partial charge >= 0.3 is 0 Å². The van der Waals surface area contributed by atoms with E-state index >= 15 is 0 Å². The molecule has 0 amide bonds. The number of benzene rings is 1. The van der Waals surface area contributed by atoms with E-state index < -0.39 is 0 Å². The summed E-state index contributed by atoms with van der Waals surface area (Å²) in [6, 6.07) is 6.80. The van der Waals surface area contributed by atoms with Gasteiger partial charge in [-0.1, -0.05) is 19.1 Å². The highest BCUT2D eigenvalue weighted by Crippen LogP contribution is 2.27. The van der Waals surface area contributed by atoms with Crippen LogP contribution in [0.4, 0.5) is 4.39 Å². The summed E-state index contributed by atoms with van der Waals surface area (Å²) in [5.41, 5.74) is 1.45. The van der Waals surface area contributed by atoms with Crippen molar-refractivity contribution in [2.24, 2.45) is 0 Å². The van der Waals surface area contributed by atoms with E-state index in [1.807, 2.05) is 12.1 Å². The topological polar surface area (TPSA) is 12.0 Å². The minimum Gasteiger partial charge on any atom is -0.315 e. The molecule has 0 aliphatic carbocycles. The summed E-state index contributed by atoms with van der Waals surface area (Å²) >= 11 is 0. The fourth-order valence-corrected chi connectivity index (χ4v) is 1.56. The fraction of sp³-hybridized carbons (Fsp3) is 0.400. The predicted octanol–water partition coefficient (Wildman–Crippen LogP) is 1.69. The number of hydrogen-bond donors (Lipinski definition) is 1. The van der Waals surface area contributed by atoms with Crippen LogP contribution in [-0.2, 0) is 5.41 Å². The molecule has 0 aromatic heterocycles. The van der Waals surface area contributed by atoms with E-state index in [0.717, 1.165) is 13.1 Å². The molecule has 2 rings (SSSR count). The standard InChI is InChI=1S/C10H12FN/c1-10(6-12-7-10)8-2-4-9(11)5-3-8/h2-5,12H,6-7H2,1H3. The van der Waals surface area contributed by atoms with Crippen LogP contribution in [0.3, 0.4) is 0 Å². The Balaban J connectivity index is 2.28. The highest BCUT2D eigenvalue weighted by atomic mass is 19.1. The zero-order valence-corrected chi connectivity index (χ0v) is 7.10. The Hall–Kier alpha value is -0.890. The second-order valence-corrected chi connectivity index (χ2v) is 3.67. The third kappa shape index (κ3) is 1.12. The molecule has 0 atom stereocenters. The van der Waals surface area contributed by atoms with Gasteiger partial charge in [0.05, 0.1) is 0 Å². The lowest BCUT2D eigenvalue weighted by Crippen LogP contribution is -2.54. The van der Waals surface area contributed by atoms with Gasteiger partial charge in [0, 0.05) is 18.5 Å². The molecule has 1 aliphatic heterocycles. The molecule has 1 heterocycles. The van der Waals surface area contributed by atoms with E-state index in [4.69, 9.17) is 0 Å². The predicted molar refractivity (Wildman–Crippen MR) is 46.6 cm³/mol. The Morgan fingerprint density at radius 2 is 1.83 bits per heavy atom. The zero-order chi connectivity index (χ0) is 8.60. The summed E-state index contributed by atoms with van der Waals surface area (Å²) in [7, 11) is 0. The van der Waals surface area contributed by atoms with Crippen LogP contribution in [0.25, 0.3) is 0 Å². The van der Waals surface area contributed by atoms with Gasteiger partial charge in [0.25, 0.3) is 0 Å². The molecule has 1 aliphatic rings. The van der Waals surface area contributed by atoms with Crippen LogP contribution in [0, 0.1) is 5.82 Å². The Labute approximate surface area is 71.6 Å². The number of halogens is 1. The summed E-state index contributed by atoms with van der Waals surface area (Å²) in [6.07, 6.45) is 0. The van der Waals surface area contributed by atoms with Crippen molar-refractivity contribution in [3.05, 3.63) is 35.6 Å². The molecule has 0 spiro atoms. The van der Waals surface area contributed by atoms with Crippen molar-refractivity contribution in [1.82, 2.24) is 5.32 Å². The van der Waals surface area contributed by atoms with Gasteiger partial charge in [-0.25, -0.2) is 4.39 Å². The van der Waals surface area contributed by atoms with Gasteiger partial charge in [-0.05, 0) is 17.7 Å². The van der Waals surface area contributed by atoms with Gasteiger partial charge in [-0.2, -0.15) is 0 Å². The van der Waals surface area contributed by atoms with Crippen molar-refractivity contribution < 1.29 is 4.39 Å². The molecule has 0 unspecified atom stereocenters. The molecule has 1 aromatic carbocycles. The molecular weight excluding hydrogens is 153 g/mol. The van der Waals surface area contributed by atoms with Crippen LogP contribution in [0.5, 0.6) is 0 Å². The normalized spacial score (nSPS) is 20.2. The van der Waals surface area contributed by atoms with E-state index in [2.05, 4.69) is 12.2 Å². The van der Waals surface area contributed by atoms with Crippen molar-refractivity contribution in [1.29, 1.82) is 0 Å². The van der Waals surface area contributed by atoms with Gasteiger partial charge in [-0.15, -0.1) is 0 Å². The first-order valence-corrected chi connectivity index (χ1v) is 4.17. The second-order valence-electron chi connectivity index (χ2n) is 3.67. The summed E-state index contributed by atoms with van der Waals surface area (Å²) in [5.74, 6) is -0.158. The van der Waals surface area contributed by atoms with Crippen LogP contribution < -0.4 is 5.32 Å². The van der Waals surface area contributed by atoms with Crippen LogP contribution >= 0.6 is 0 Å². The van der Waals surface area contributed by atoms with Crippen molar-refractivity contribution in [2.75, 3.05) is 13.1 Å². The largest absolute Gasteiger partial charge is 0.315 e. The Morgan fingerprint density at radius 1 is 1.25 bits per heavy atom. The third-order valence-electron chi connectivity index (χ3n) is 2.57. The number of rotatable bonds is 1. The number of hydrogen-bond acceptors (Lipinski definition) is 1. The van der Waals surface area contributed by atoms with Gasteiger partial charge in [0.15, 0.2) is 0 Å². The average Bonchev–Trinajstić information content (AvgIpc) is 2.02. The van der Waals surface area contributed by atoms with E-state index in [0.29, 0.717) is 0 Å². The van der Waals surface area contributed by atoms with Gasteiger partial charge in [0.2, 0.25) is 0 Å². The van der Waals surface area contributed by atoms with Crippen molar-refractivity contribution in [3.8, 4) is 0 Å². The fourth-order valence-electron chi connectivity index (χ4n) is 1.56. The highest BCUT2D eigenvalue weighted by molar-refractivity contribution is 5.28. The monoisotopic (exact) mass is 165 g/mol. The van der Waals surface area contributed by atoms with Crippen molar-refractivity contribution in [3.63, 3.8) is 0 Å². The molecule has 0 saturated carbocycles. The van der Waals surface area contributed by atoms with Gasteiger partial charge in [0.1, 0.15) is 5.82 Å². The van der Waals surface area contributed by atoms with E-state index in [1.54, 1.807) is 0 Å². The first-order valence-electron chi connectivity index (χ1n) is 4.17. The lowest BCUT2D eigenvalue weighted by atomic mass is 9.77. The first-order chi connectivity index (χ1) is 5.71. The van der Waals surface area contributed by atoms with Crippen molar-refractivity contribution >= 4 is 0 Å². The quantitative estimate of drug-likeness (QED) is 0.667. The minimum atomic E-state index is -0.158.